The highest BCUT2D eigenvalue weighted by molar-refractivity contribution is 5.96. The lowest BCUT2D eigenvalue weighted by molar-refractivity contribution is -0.122. The standard InChI is InChI=1S/C20H24N2O.ClH/c1-15(19(21)17-11-3-2-4-12-17)20(23)22-14-8-7-10-16-9-5-6-13-18(16)22;/h2-6,9,11-13,15,19H,7-8,10,14,21H2,1H3;1H. The van der Waals surface area contributed by atoms with E-state index in [0.717, 1.165) is 37.1 Å². The van der Waals surface area contributed by atoms with Crippen LogP contribution in [0.3, 0.4) is 0 Å². The predicted molar refractivity (Wildman–Crippen MR) is 102 cm³/mol. The summed E-state index contributed by atoms with van der Waals surface area (Å²) in [5, 5.41) is 0. The summed E-state index contributed by atoms with van der Waals surface area (Å²) >= 11 is 0. The molecule has 2 aromatic carbocycles. The Morgan fingerprint density at radius 2 is 1.71 bits per heavy atom. The molecule has 24 heavy (non-hydrogen) atoms. The molecule has 1 heterocycles. The average Bonchev–Trinajstić information content (AvgIpc) is 2.83. The highest BCUT2D eigenvalue weighted by Crippen LogP contribution is 2.29. The number of halogens is 1. The first kappa shape index (κ1) is 18.5. The average molecular weight is 345 g/mol. The normalized spacial score (nSPS) is 16.3. The van der Waals surface area contributed by atoms with Crippen molar-refractivity contribution in [3.05, 3.63) is 65.7 Å². The van der Waals surface area contributed by atoms with E-state index in [9.17, 15) is 4.79 Å². The second kappa shape index (κ2) is 8.32. The summed E-state index contributed by atoms with van der Waals surface area (Å²) in [6.07, 6.45) is 3.20. The van der Waals surface area contributed by atoms with E-state index < -0.39 is 0 Å². The molecule has 0 saturated carbocycles. The molecule has 0 bridgehead atoms. The first-order chi connectivity index (χ1) is 11.2. The summed E-state index contributed by atoms with van der Waals surface area (Å²) in [7, 11) is 0. The van der Waals surface area contributed by atoms with Gasteiger partial charge in [-0.05, 0) is 36.5 Å². The molecule has 2 N–H and O–H groups in total. The van der Waals surface area contributed by atoms with E-state index in [1.165, 1.54) is 5.56 Å². The number of aryl methyl sites for hydroxylation is 1. The Balaban J connectivity index is 0.00000208. The third kappa shape index (κ3) is 3.80. The lowest BCUT2D eigenvalue weighted by atomic mass is 9.94. The van der Waals surface area contributed by atoms with Crippen LogP contribution in [0.25, 0.3) is 0 Å². The van der Waals surface area contributed by atoms with Crippen LogP contribution < -0.4 is 10.6 Å². The number of nitrogens with two attached hydrogens (primary N) is 1. The van der Waals surface area contributed by atoms with Gasteiger partial charge in [-0.25, -0.2) is 0 Å². The fourth-order valence-corrected chi connectivity index (χ4v) is 3.28. The van der Waals surface area contributed by atoms with Gasteiger partial charge < -0.3 is 10.6 Å². The monoisotopic (exact) mass is 344 g/mol. The number of amides is 1. The summed E-state index contributed by atoms with van der Waals surface area (Å²) < 4.78 is 0. The van der Waals surface area contributed by atoms with E-state index in [4.69, 9.17) is 5.73 Å². The molecular weight excluding hydrogens is 320 g/mol. The van der Waals surface area contributed by atoms with Gasteiger partial charge in [-0.3, -0.25) is 4.79 Å². The van der Waals surface area contributed by atoms with Gasteiger partial charge in [-0.2, -0.15) is 0 Å². The molecule has 0 fully saturated rings. The van der Waals surface area contributed by atoms with Gasteiger partial charge >= 0.3 is 0 Å². The Morgan fingerprint density at radius 1 is 1.04 bits per heavy atom. The summed E-state index contributed by atoms with van der Waals surface area (Å²) in [5.74, 6) is -0.126. The molecule has 3 rings (SSSR count). The Morgan fingerprint density at radius 3 is 2.46 bits per heavy atom. The van der Waals surface area contributed by atoms with Crippen LogP contribution in [0.1, 0.15) is 36.9 Å². The fraction of sp³-hybridized carbons (Fsp3) is 0.350. The number of rotatable bonds is 3. The summed E-state index contributed by atoms with van der Waals surface area (Å²) in [6.45, 7) is 2.72. The zero-order valence-electron chi connectivity index (χ0n) is 14.0. The predicted octanol–water partition coefficient (Wildman–Crippen LogP) is 4.11. The van der Waals surface area contributed by atoms with Gasteiger partial charge in [0.2, 0.25) is 5.91 Å². The van der Waals surface area contributed by atoms with Crippen molar-refractivity contribution in [3.8, 4) is 0 Å². The number of nitrogens with zero attached hydrogens (tertiary/aromatic N) is 1. The number of benzene rings is 2. The van der Waals surface area contributed by atoms with Gasteiger partial charge in [0, 0.05) is 18.3 Å². The highest BCUT2D eigenvalue weighted by Gasteiger charge is 2.29. The number of hydrogen-bond acceptors (Lipinski definition) is 2. The number of hydrogen-bond donors (Lipinski definition) is 1. The lowest BCUT2D eigenvalue weighted by Crippen LogP contribution is -2.40. The molecule has 0 radical (unpaired) electrons. The van der Waals surface area contributed by atoms with Crippen molar-refractivity contribution in [3.63, 3.8) is 0 Å². The number of para-hydroxylation sites is 1. The van der Waals surface area contributed by atoms with Crippen LogP contribution in [0.5, 0.6) is 0 Å². The first-order valence-corrected chi connectivity index (χ1v) is 8.38. The van der Waals surface area contributed by atoms with E-state index in [-0.39, 0.29) is 30.3 Å². The zero-order chi connectivity index (χ0) is 16.2. The Kier molecular flexibility index (Phi) is 6.41. The van der Waals surface area contributed by atoms with Crippen LogP contribution in [0.2, 0.25) is 0 Å². The first-order valence-electron chi connectivity index (χ1n) is 8.38. The maximum absolute atomic E-state index is 13.1. The largest absolute Gasteiger partial charge is 0.323 e. The smallest absolute Gasteiger partial charge is 0.231 e. The second-order valence-corrected chi connectivity index (χ2v) is 6.30. The molecule has 3 nitrogen and oxygen atoms in total. The molecule has 2 atom stereocenters. The van der Waals surface area contributed by atoms with Gasteiger partial charge in [-0.1, -0.05) is 55.5 Å². The van der Waals surface area contributed by atoms with Crippen LogP contribution in [-0.4, -0.2) is 12.5 Å². The molecule has 0 aromatic heterocycles. The Labute approximate surface area is 150 Å². The number of fused-ring (bicyclic) bond motifs is 1. The minimum Gasteiger partial charge on any atom is -0.323 e. The van der Waals surface area contributed by atoms with E-state index in [1.54, 1.807) is 0 Å². The van der Waals surface area contributed by atoms with Crippen LogP contribution in [0.15, 0.2) is 54.6 Å². The fourth-order valence-electron chi connectivity index (χ4n) is 3.28. The van der Waals surface area contributed by atoms with Crippen molar-refractivity contribution in [2.45, 2.75) is 32.2 Å². The maximum Gasteiger partial charge on any atom is 0.231 e. The van der Waals surface area contributed by atoms with Crippen LogP contribution >= 0.6 is 12.4 Å². The molecule has 1 aliphatic rings. The van der Waals surface area contributed by atoms with E-state index >= 15 is 0 Å². The zero-order valence-corrected chi connectivity index (χ0v) is 14.8. The molecule has 0 aliphatic carbocycles. The van der Waals surface area contributed by atoms with Crippen molar-refractivity contribution in [1.82, 2.24) is 0 Å². The second-order valence-electron chi connectivity index (χ2n) is 6.30. The minimum atomic E-state index is -0.279. The van der Waals surface area contributed by atoms with Crippen molar-refractivity contribution in [1.29, 1.82) is 0 Å². The molecule has 2 aromatic rings. The molecule has 2 unspecified atom stereocenters. The molecule has 0 spiro atoms. The molecule has 4 heteroatoms. The number of carbonyl (C=O) groups is 1. The summed E-state index contributed by atoms with van der Waals surface area (Å²) in [5.41, 5.74) is 9.69. The quantitative estimate of drug-likeness (QED) is 0.910. The SMILES string of the molecule is CC(C(=O)N1CCCCc2ccccc21)C(N)c1ccccc1.Cl. The Hall–Kier alpha value is -1.84. The van der Waals surface area contributed by atoms with Crippen molar-refractivity contribution >= 4 is 24.0 Å². The molecule has 1 amide bonds. The third-order valence-corrected chi connectivity index (χ3v) is 4.74. The summed E-state index contributed by atoms with van der Waals surface area (Å²) in [4.78, 5) is 15.0. The topological polar surface area (TPSA) is 46.3 Å². The van der Waals surface area contributed by atoms with Gasteiger partial charge in [0.1, 0.15) is 0 Å². The molecule has 1 aliphatic heterocycles. The van der Waals surface area contributed by atoms with E-state index in [1.807, 2.05) is 54.3 Å². The Bertz CT molecular complexity index is 674. The minimum absolute atomic E-state index is 0. The van der Waals surface area contributed by atoms with Gasteiger partial charge in [0.05, 0.1) is 5.92 Å². The van der Waals surface area contributed by atoms with Crippen molar-refractivity contribution in [2.75, 3.05) is 11.4 Å². The maximum atomic E-state index is 13.1. The van der Waals surface area contributed by atoms with E-state index in [2.05, 4.69) is 12.1 Å². The van der Waals surface area contributed by atoms with E-state index in [0.29, 0.717) is 0 Å². The third-order valence-electron chi connectivity index (χ3n) is 4.74. The van der Waals surface area contributed by atoms with Crippen molar-refractivity contribution < 1.29 is 4.79 Å². The van der Waals surface area contributed by atoms with Crippen molar-refractivity contribution in [2.24, 2.45) is 11.7 Å². The van der Waals surface area contributed by atoms with Gasteiger partial charge in [0.15, 0.2) is 0 Å². The van der Waals surface area contributed by atoms with Crippen LogP contribution in [0, 0.1) is 5.92 Å². The molecular formula is C20H25ClN2O. The number of carbonyl (C=O) groups excluding carboxylic acids is 1. The highest BCUT2D eigenvalue weighted by atomic mass is 35.5. The molecule has 128 valence electrons. The lowest BCUT2D eigenvalue weighted by Gasteiger charge is -2.29. The summed E-state index contributed by atoms with van der Waals surface area (Å²) in [6, 6.07) is 17.8. The van der Waals surface area contributed by atoms with Crippen LogP contribution in [0.4, 0.5) is 5.69 Å². The molecule has 0 saturated heterocycles. The van der Waals surface area contributed by atoms with Gasteiger partial charge in [0.25, 0.3) is 0 Å². The van der Waals surface area contributed by atoms with Gasteiger partial charge in [-0.15, -0.1) is 12.4 Å². The van der Waals surface area contributed by atoms with Crippen LogP contribution in [-0.2, 0) is 11.2 Å². The number of anilines is 1.